The Balaban J connectivity index is 1.68. The summed E-state index contributed by atoms with van der Waals surface area (Å²) in [6.07, 6.45) is 5.03. The van der Waals surface area contributed by atoms with Crippen LogP contribution in [0.15, 0.2) is 48.6 Å². The first-order valence-electron chi connectivity index (χ1n) is 9.79. The summed E-state index contributed by atoms with van der Waals surface area (Å²) in [5.41, 5.74) is 4.42. The minimum Gasteiger partial charge on any atom is -0.504 e. The number of piperidine rings is 1. The molecule has 2 aliphatic carbocycles. The lowest BCUT2D eigenvalue weighted by molar-refractivity contribution is -0.0452. The van der Waals surface area contributed by atoms with Crippen molar-refractivity contribution < 1.29 is 14.9 Å². The fraction of sp³-hybridized carbons (Fsp3) is 0.391. The average molecular weight is 361 g/mol. The van der Waals surface area contributed by atoms with Crippen LogP contribution in [0.25, 0.3) is 11.1 Å². The Bertz CT molecular complexity index is 969. The molecule has 6 rings (SSSR count). The molecule has 0 unspecified atom stereocenters. The summed E-state index contributed by atoms with van der Waals surface area (Å²) in [5.74, 6) is 1.11. The highest BCUT2D eigenvalue weighted by Gasteiger charge is 2.64. The van der Waals surface area contributed by atoms with Gasteiger partial charge in [0.2, 0.25) is 0 Å². The van der Waals surface area contributed by atoms with Gasteiger partial charge in [-0.05, 0) is 49.2 Å². The van der Waals surface area contributed by atoms with Gasteiger partial charge in [0.15, 0.2) is 11.5 Å². The van der Waals surface area contributed by atoms with Crippen molar-refractivity contribution in [3.05, 3.63) is 59.7 Å². The number of ether oxygens (including phenoxy) is 1. The number of likely N-dealkylation sites (N-methyl/N-ethyl adjacent to an activating group) is 1. The number of benzene rings is 2. The van der Waals surface area contributed by atoms with Gasteiger partial charge >= 0.3 is 0 Å². The van der Waals surface area contributed by atoms with E-state index in [1.54, 1.807) is 0 Å². The standard InChI is InChI=1S/C23H23NO3/c1-24-10-9-23-16-7-8-18(25)22(23)27-21-19(26)12-14(13-5-3-2-4-6-13)15(20(21)23)11-17(16)24/h2-8,12,16-18,22,25-26H,9-11H2,1H3/t16-,17+,18-,22-,23-/m0/s1. The first kappa shape index (κ1) is 15.7. The van der Waals surface area contributed by atoms with Crippen molar-refractivity contribution in [1.82, 2.24) is 4.90 Å². The SMILES string of the molecule is CN1CC[C@]23c4c5c(-c6ccccc6)cc(O)c4O[C@H]2[C@@H](O)C=C[C@H]3[C@H]1C5. The summed E-state index contributed by atoms with van der Waals surface area (Å²) in [5, 5.41) is 21.6. The van der Waals surface area contributed by atoms with Gasteiger partial charge in [0, 0.05) is 22.9 Å². The van der Waals surface area contributed by atoms with Gasteiger partial charge in [-0.2, -0.15) is 0 Å². The number of phenols is 1. The summed E-state index contributed by atoms with van der Waals surface area (Å²) in [7, 11) is 2.20. The zero-order valence-corrected chi connectivity index (χ0v) is 15.3. The normalized spacial score (nSPS) is 35.6. The van der Waals surface area contributed by atoms with E-state index >= 15 is 0 Å². The average Bonchev–Trinajstić information content (AvgIpc) is 3.04. The van der Waals surface area contributed by atoms with Crippen molar-refractivity contribution in [1.29, 1.82) is 0 Å². The smallest absolute Gasteiger partial charge is 0.165 e. The number of nitrogens with zero attached hydrogens (tertiary/aromatic N) is 1. The molecule has 2 heterocycles. The van der Waals surface area contributed by atoms with Crippen LogP contribution in [0.5, 0.6) is 11.5 Å². The number of phenolic OH excluding ortho intramolecular Hbond substituents is 1. The van der Waals surface area contributed by atoms with Gasteiger partial charge in [0.05, 0.1) is 0 Å². The number of hydrogen-bond donors (Lipinski definition) is 2. The molecule has 1 saturated heterocycles. The van der Waals surface area contributed by atoms with E-state index in [1.807, 2.05) is 30.3 Å². The Labute approximate surface area is 158 Å². The van der Waals surface area contributed by atoms with Gasteiger partial charge in [-0.15, -0.1) is 0 Å². The maximum absolute atomic E-state index is 10.8. The fourth-order valence-electron chi connectivity index (χ4n) is 6.20. The van der Waals surface area contributed by atoms with Crippen molar-refractivity contribution >= 4 is 0 Å². The van der Waals surface area contributed by atoms with Crippen molar-refractivity contribution in [2.24, 2.45) is 5.92 Å². The lowest BCUT2D eigenvalue weighted by atomic mass is 9.53. The molecule has 2 N–H and O–H groups in total. The third kappa shape index (κ3) is 1.80. The highest BCUT2D eigenvalue weighted by molar-refractivity contribution is 5.77. The maximum Gasteiger partial charge on any atom is 0.165 e. The van der Waals surface area contributed by atoms with Crippen LogP contribution in [-0.4, -0.2) is 47.0 Å². The van der Waals surface area contributed by atoms with Crippen LogP contribution >= 0.6 is 0 Å². The molecule has 0 amide bonds. The Morgan fingerprint density at radius 3 is 2.81 bits per heavy atom. The largest absolute Gasteiger partial charge is 0.504 e. The molecule has 27 heavy (non-hydrogen) atoms. The zero-order valence-electron chi connectivity index (χ0n) is 15.3. The number of aromatic hydroxyl groups is 1. The van der Waals surface area contributed by atoms with Crippen LogP contribution in [0.2, 0.25) is 0 Å². The number of aliphatic hydroxyl groups excluding tert-OH is 1. The minimum atomic E-state index is -0.636. The Morgan fingerprint density at radius 2 is 2.00 bits per heavy atom. The van der Waals surface area contributed by atoms with E-state index < -0.39 is 6.10 Å². The highest BCUT2D eigenvalue weighted by Crippen LogP contribution is 2.63. The molecule has 0 saturated carbocycles. The number of aliphatic hydroxyl groups is 1. The molecule has 0 aromatic heterocycles. The molecular formula is C23H23NO3. The highest BCUT2D eigenvalue weighted by atomic mass is 16.5. The second kappa shape index (κ2) is 5.15. The molecule has 4 aliphatic rings. The van der Waals surface area contributed by atoms with Gasteiger partial charge in [-0.25, -0.2) is 0 Å². The van der Waals surface area contributed by atoms with Gasteiger partial charge < -0.3 is 19.8 Å². The predicted molar refractivity (Wildman–Crippen MR) is 103 cm³/mol. The lowest BCUT2D eigenvalue weighted by Gasteiger charge is -2.56. The minimum absolute atomic E-state index is 0.194. The molecule has 2 aliphatic heterocycles. The quantitative estimate of drug-likeness (QED) is 0.767. The van der Waals surface area contributed by atoms with E-state index in [2.05, 4.69) is 30.2 Å². The lowest BCUT2D eigenvalue weighted by Crippen LogP contribution is -2.64. The van der Waals surface area contributed by atoms with Gasteiger partial charge in [-0.1, -0.05) is 42.5 Å². The number of rotatable bonds is 1. The summed E-state index contributed by atoms with van der Waals surface area (Å²) in [6, 6.07) is 12.5. The molecule has 4 nitrogen and oxygen atoms in total. The molecule has 0 radical (unpaired) electrons. The van der Waals surface area contributed by atoms with Crippen molar-refractivity contribution in [2.75, 3.05) is 13.6 Å². The van der Waals surface area contributed by atoms with E-state index in [0.29, 0.717) is 17.7 Å². The van der Waals surface area contributed by atoms with Gasteiger partial charge in [0.25, 0.3) is 0 Å². The molecule has 5 atom stereocenters. The molecule has 1 fully saturated rings. The van der Waals surface area contributed by atoms with E-state index in [0.717, 1.165) is 36.1 Å². The van der Waals surface area contributed by atoms with Crippen molar-refractivity contribution in [3.63, 3.8) is 0 Å². The third-order valence-corrected chi connectivity index (χ3v) is 7.36. The van der Waals surface area contributed by atoms with Crippen LogP contribution in [0.3, 0.4) is 0 Å². The van der Waals surface area contributed by atoms with E-state index in [9.17, 15) is 10.2 Å². The van der Waals surface area contributed by atoms with Gasteiger partial charge in [0.1, 0.15) is 12.2 Å². The summed E-state index contributed by atoms with van der Waals surface area (Å²) in [6.45, 7) is 0.983. The zero-order chi connectivity index (χ0) is 18.3. The van der Waals surface area contributed by atoms with E-state index in [-0.39, 0.29) is 17.3 Å². The summed E-state index contributed by atoms with van der Waals surface area (Å²) < 4.78 is 6.28. The third-order valence-electron chi connectivity index (χ3n) is 7.36. The van der Waals surface area contributed by atoms with Crippen LogP contribution < -0.4 is 4.74 Å². The van der Waals surface area contributed by atoms with Crippen LogP contribution in [0.4, 0.5) is 0 Å². The van der Waals surface area contributed by atoms with E-state index in [4.69, 9.17) is 4.74 Å². The fourth-order valence-corrected chi connectivity index (χ4v) is 6.20. The number of hydrogen-bond acceptors (Lipinski definition) is 4. The van der Waals surface area contributed by atoms with Crippen LogP contribution in [0, 0.1) is 5.92 Å². The molecule has 1 spiro atoms. The second-order valence-electron chi connectivity index (χ2n) is 8.47. The predicted octanol–water partition coefficient (Wildman–Crippen LogP) is 2.87. The molecular weight excluding hydrogens is 338 g/mol. The monoisotopic (exact) mass is 361 g/mol. The van der Waals surface area contributed by atoms with Crippen molar-refractivity contribution in [3.8, 4) is 22.6 Å². The molecule has 2 bridgehead atoms. The number of likely N-dealkylation sites (tertiary alicyclic amines) is 1. The van der Waals surface area contributed by atoms with Crippen molar-refractivity contribution in [2.45, 2.75) is 36.5 Å². The Morgan fingerprint density at radius 1 is 1.19 bits per heavy atom. The Hall–Kier alpha value is -2.30. The maximum atomic E-state index is 10.8. The van der Waals surface area contributed by atoms with Crippen LogP contribution in [0.1, 0.15) is 17.5 Å². The molecule has 2 aromatic rings. The molecule has 4 heteroatoms. The van der Waals surface area contributed by atoms with Crippen LogP contribution in [-0.2, 0) is 11.8 Å². The van der Waals surface area contributed by atoms with Gasteiger partial charge in [-0.3, -0.25) is 0 Å². The topological polar surface area (TPSA) is 52.9 Å². The Kier molecular flexibility index (Phi) is 3.00. The first-order valence-corrected chi connectivity index (χ1v) is 9.79. The summed E-state index contributed by atoms with van der Waals surface area (Å²) >= 11 is 0. The molecule has 138 valence electrons. The van der Waals surface area contributed by atoms with E-state index in [1.165, 1.54) is 5.56 Å². The first-order chi connectivity index (χ1) is 13.1. The molecule has 2 aromatic carbocycles. The summed E-state index contributed by atoms with van der Waals surface area (Å²) in [4.78, 5) is 2.46. The second-order valence-corrected chi connectivity index (χ2v) is 8.47.